The van der Waals surface area contributed by atoms with E-state index in [1.807, 2.05) is 24.3 Å². The van der Waals surface area contributed by atoms with Gasteiger partial charge in [-0.3, -0.25) is 4.79 Å². The Labute approximate surface area is 134 Å². The lowest BCUT2D eigenvalue weighted by molar-refractivity contribution is -0.274. The number of rotatable bonds is 3. The molecule has 120 valence electrons. The molecule has 23 heavy (non-hydrogen) atoms. The Hall–Kier alpha value is -2.15. The van der Waals surface area contributed by atoms with Crippen molar-refractivity contribution >= 4 is 23.4 Å². The van der Waals surface area contributed by atoms with Crippen LogP contribution in [-0.2, 0) is 11.2 Å². The molecule has 0 aromatic heterocycles. The number of ether oxygens (including phenoxy) is 1. The summed E-state index contributed by atoms with van der Waals surface area (Å²) in [7, 11) is 0. The van der Waals surface area contributed by atoms with Crippen molar-refractivity contribution in [3.63, 3.8) is 0 Å². The number of anilines is 1. The van der Waals surface area contributed by atoms with Gasteiger partial charge >= 0.3 is 6.36 Å². The number of benzene rings is 2. The standard InChI is InChI=1S/C16H12F3NO2S/c17-16(18,19)22-12-7-3-2-6-11(12)20-15(21)14-9-10-5-1-4-8-13(10)23-14/h1-8,14H,9H2,(H,20,21). The molecule has 0 aliphatic carbocycles. The molecule has 1 unspecified atom stereocenters. The fourth-order valence-electron chi connectivity index (χ4n) is 2.33. The molecular weight excluding hydrogens is 327 g/mol. The summed E-state index contributed by atoms with van der Waals surface area (Å²) in [6, 6.07) is 13.1. The van der Waals surface area contributed by atoms with Crippen LogP contribution in [0.1, 0.15) is 5.56 Å². The molecule has 1 amide bonds. The van der Waals surface area contributed by atoms with Crippen LogP contribution in [0.4, 0.5) is 18.9 Å². The minimum absolute atomic E-state index is 0.00591. The highest BCUT2D eigenvalue weighted by atomic mass is 32.2. The summed E-state index contributed by atoms with van der Waals surface area (Å²) in [5.41, 5.74) is 1.07. The van der Waals surface area contributed by atoms with Crippen LogP contribution in [0.3, 0.4) is 0 Å². The molecule has 1 aliphatic heterocycles. The molecule has 1 N–H and O–H groups in total. The zero-order valence-corrected chi connectivity index (χ0v) is 12.6. The van der Waals surface area contributed by atoms with E-state index in [4.69, 9.17) is 0 Å². The summed E-state index contributed by atoms with van der Waals surface area (Å²) in [5, 5.41) is 2.16. The molecule has 0 bridgehead atoms. The van der Waals surface area contributed by atoms with Gasteiger partial charge in [0.15, 0.2) is 5.75 Å². The smallest absolute Gasteiger partial charge is 0.404 e. The Bertz CT molecular complexity index is 708. The molecular formula is C16H12F3NO2S. The second kappa shape index (κ2) is 6.16. The van der Waals surface area contributed by atoms with Crippen molar-refractivity contribution in [1.29, 1.82) is 0 Å². The highest BCUT2D eigenvalue weighted by molar-refractivity contribution is 8.01. The number of carbonyl (C=O) groups is 1. The molecule has 2 aromatic carbocycles. The molecule has 7 heteroatoms. The number of nitrogens with one attached hydrogen (secondary N) is 1. The number of para-hydroxylation sites is 2. The number of thioether (sulfide) groups is 1. The molecule has 3 rings (SSSR count). The maximum atomic E-state index is 12.4. The first-order chi connectivity index (χ1) is 10.9. The lowest BCUT2D eigenvalue weighted by atomic mass is 10.1. The van der Waals surface area contributed by atoms with E-state index >= 15 is 0 Å². The van der Waals surface area contributed by atoms with Gasteiger partial charge in [-0.25, -0.2) is 0 Å². The van der Waals surface area contributed by atoms with Crippen molar-refractivity contribution in [2.45, 2.75) is 22.9 Å². The van der Waals surface area contributed by atoms with E-state index in [1.165, 1.54) is 36.0 Å². The minimum Gasteiger partial charge on any atom is -0.404 e. The fourth-order valence-corrected chi connectivity index (χ4v) is 3.52. The van der Waals surface area contributed by atoms with Crippen molar-refractivity contribution in [2.24, 2.45) is 0 Å². The maximum absolute atomic E-state index is 12.4. The second-order valence-corrected chi connectivity index (χ2v) is 6.20. The predicted octanol–water partition coefficient (Wildman–Crippen LogP) is 4.24. The number of amides is 1. The SMILES string of the molecule is O=C(Nc1ccccc1OC(F)(F)F)C1Cc2ccccc2S1. The van der Waals surface area contributed by atoms with Gasteiger partial charge in [0.25, 0.3) is 0 Å². The molecule has 2 aromatic rings. The molecule has 0 spiro atoms. The number of alkyl halides is 3. The summed E-state index contributed by atoms with van der Waals surface area (Å²) < 4.78 is 41.1. The van der Waals surface area contributed by atoms with Crippen LogP contribution in [0.15, 0.2) is 53.4 Å². The minimum atomic E-state index is -4.81. The summed E-state index contributed by atoms with van der Waals surface area (Å²) in [5.74, 6) is -0.765. The predicted molar refractivity (Wildman–Crippen MR) is 81.5 cm³/mol. The first-order valence-corrected chi connectivity index (χ1v) is 7.70. The molecule has 3 nitrogen and oxygen atoms in total. The normalized spacial score (nSPS) is 16.7. The van der Waals surface area contributed by atoms with Gasteiger partial charge in [-0.2, -0.15) is 0 Å². The first-order valence-electron chi connectivity index (χ1n) is 6.82. The fraction of sp³-hybridized carbons (Fsp3) is 0.188. The van der Waals surface area contributed by atoms with E-state index in [0.29, 0.717) is 6.42 Å². The average Bonchev–Trinajstić information content (AvgIpc) is 2.92. The Morgan fingerprint density at radius 1 is 1.13 bits per heavy atom. The van der Waals surface area contributed by atoms with Gasteiger partial charge in [0, 0.05) is 4.90 Å². The number of hydrogen-bond acceptors (Lipinski definition) is 3. The Morgan fingerprint density at radius 2 is 1.83 bits per heavy atom. The van der Waals surface area contributed by atoms with Gasteiger partial charge in [-0.05, 0) is 30.2 Å². The molecule has 1 aliphatic rings. The van der Waals surface area contributed by atoms with Gasteiger partial charge in [0.05, 0.1) is 10.9 Å². The van der Waals surface area contributed by atoms with Gasteiger partial charge < -0.3 is 10.1 Å². The van der Waals surface area contributed by atoms with Gasteiger partial charge in [0.2, 0.25) is 5.91 Å². The van der Waals surface area contributed by atoms with Crippen LogP contribution in [0.25, 0.3) is 0 Å². The Kier molecular flexibility index (Phi) is 4.21. The van der Waals surface area contributed by atoms with Gasteiger partial charge in [0.1, 0.15) is 0 Å². The third kappa shape index (κ3) is 3.79. The van der Waals surface area contributed by atoms with E-state index in [1.54, 1.807) is 0 Å². The summed E-state index contributed by atoms with van der Waals surface area (Å²) in [4.78, 5) is 13.4. The number of hydrogen-bond donors (Lipinski definition) is 1. The quantitative estimate of drug-likeness (QED) is 0.909. The topological polar surface area (TPSA) is 38.3 Å². The summed E-state index contributed by atoms with van der Waals surface area (Å²) in [6.45, 7) is 0. The van der Waals surface area contributed by atoms with E-state index < -0.39 is 12.1 Å². The third-order valence-corrected chi connectivity index (χ3v) is 4.63. The average molecular weight is 339 g/mol. The van der Waals surface area contributed by atoms with Crippen LogP contribution in [0.5, 0.6) is 5.75 Å². The van der Waals surface area contributed by atoms with Crippen LogP contribution >= 0.6 is 11.8 Å². The summed E-state index contributed by atoms with van der Waals surface area (Å²) >= 11 is 1.41. The molecule has 1 atom stereocenters. The maximum Gasteiger partial charge on any atom is 0.573 e. The van der Waals surface area contributed by atoms with Gasteiger partial charge in [-0.15, -0.1) is 24.9 Å². The van der Waals surface area contributed by atoms with Crippen molar-refractivity contribution in [3.05, 3.63) is 54.1 Å². The second-order valence-electron chi connectivity index (χ2n) is 4.95. The Morgan fingerprint density at radius 3 is 2.57 bits per heavy atom. The van der Waals surface area contributed by atoms with Crippen molar-refractivity contribution in [2.75, 3.05) is 5.32 Å². The number of fused-ring (bicyclic) bond motifs is 1. The van der Waals surface area contributed by atoms with E-state index in [9.17, 15) is 18.0 Å². The van der Waals surface area contributed by atoms with Crippen LogP contribution in [0, 0.1) is 0 Å². The molecule has 1 heterocycles. The lowest BCUT2D eigenvalue weighted by Crippen LogP contribution is -2.25. The Balaban J connectivity index is 1.72. The van der Waals surface area contributed by atoms with Crippen LogP contribution in [0.2, 0.25) is 0 Å². The van der Waals surface area contributed by atoms with Gasteiger partial charge in [-0.1, -0.05) is 30.3 Å². The van der Waals surface area contributed by atoms with Crippen molar-refractivity contribution < 1.29 is 22.7 Å². The van der Waals surface area contributed by atoms with Crippen molar-refractivity contribution in [3.8, 4) is 5.75 Å². The zero-order valence-electron chi connectivity index (χ0n) is 11.8. The van der Waals surface area contributed by atoms with E-state index in [2.05, 4.69) is 10.1 Å². The third-order valence-electron chi connectivity index (χ3n) is 3.31. The van der Waals surface area contributed by atoms with E-state index in [-0.39, 0.29) is 16.8 Å². The lowest BCUT2D eigenvalue weighted by Gasteiger charge is -2.15. The molecule has 0 radical (unpaired) electrons. The molecule has 0 fully saturated rings. The monoisotopic (exact) mass is 339 g/mol. The van der Waals surface area contributed by atoms with Crippen molar-refractivity contribution in [1.82, 2.24) is 0 Å². The first kappa shape index (κ1) is 15.7. The zero-order chi connectivity index (χ0) is 16.4. The molecule has 0 saturated carbocycles. The van der Waals surface area contributed by atoms with E-state index in [0.717, 1.165) is 10.5 Å². The van der Waals surface area contributed by atoms with Crippen LogP contribution in [-0.4, -0.2) is 17.5 Å². The highest BCUT2D eigenvalue weighted by Gasteiger charge is 2.33. The summed E-state index contributed by atoms with van der Waals surface area (Å²) in [6.07, 6.45) is -4.26. The molecule has 0 saturated heterocycles. The number of carbonyl (C=O) groups excluding carboxylic acids is 1. The number of halogens is 3. The van der Waals surface area contributed by atoms with Crippen LogP contribution < -0.4 is 10.1 Å². The largest absolute Gasteiger partial charge is 0.573 e. The highest BCUT2D eigenvalue weighted by Crippen LogP contribution is 2.38.